The third-order valence-electron chi connectivity index (χ3n) is 3.90. The molecule has 0 spiro atoms. The number of rotatable bonds is 8. The molecular weight excluding hydrogens is 340 g/mol. The number of carbonyl (C=O) groups excluding carboxylic acids is 1. The van der Waals surface area contributed by atoms with Gasteiger partial charge in [0.1, 0.15) is 18.5 Å². The van der Waals surface area contributed by atoms with Crippen LogP contribution in [-0.4, -0.2) is 43.9 Å². The molecule has 7 heteroatoms. The summed E-state index contributed by atoms with van der Waals surface area (Å²) in [5, 5.41) is 20.6. The fourth-order valence-corrected chi connectivity index (χ4v) is 2.53. The van der Waals surface area contributed by atoms with E-state index in [0.29, 0.717) is 34.7 Å². The Labute approximate surface area is 151 Å². The minimum absolute atomic E-state index is 0.152. The third kappa shape index (κ3) is 4.00. The number of benzene rings is 2. The van der Waals surface area contributed by atoms with Crippen LogP contribution in [0.4, 0.5) is 0 Å². The molecule has 2 aromatic carbocycles. The molecule has 0 fully saturated rings. The highest BCUT2D eigenvalue weighted by molar-refractivity contribution is 5.76. The van der Waals surface area contributed by atoms with E-state index in [1.807, 2.05) is 0 Å². The van der Waals surface area contributed by atoms with Gasteiger partial charge in [0.2, 0.25) is 5.75 Å². The van der Waals surface area contributed by atoms with E-state index < -0.39 is 12.2 Å². The normalized spacial score (nSPS) is 12.8. The van der Waals surface area contributed by atoms with E-state index in [9.17, 15) is 15.0 Å². The highest BCUT2D eigenvalue weighted by atomic mass is 16.5. The predicted molar refractivity (Wildman–Crippen MR) is 94.6 cm³/mol. The maximum atomic E-state index is 10.9. The van der Waals surface area contributed by atoms with E-state index >= 15 is 0 Å². The number of carbonyl (C=O) groups is 1. The van der Waals surface area contributed by atoms with Crippen molar-refractivity contribution < 1.29 is 34.0 Å². The molecule has 140 valence electrons. The quantitative estimate of drug-likeness (QED) is 0.697. The van der Waals surface area contributed by atoms with E-state index in [0.717, 1.165) is 0 Å². The van der Waals surface area contributed by atoms with Crippen molar-refractivity contribution in [1.82, 2.24) is 0 Å². The summed E-state index contributed by atoms with van der Waals surface area (Å²) in [5.41, 5.74) is 0.850. The third-order valence-corrected chi connectivity index (χ3v) is 3.90. The Morgan fingerprint density at radius 1 is 0.962 bits per heavy atom. The molecule has 2 N–H and O–H groups in total. The van der Waals surface area contributed by atoms with Crippen molar-refractivity contribution in [1.29, 1.82) is 0 Å². The molecule has 2 rings (SSSR count). The molecule has 0 aliphatic carbocycles. The smallest absolute Gasteiger partial charge is 0.203 e. The number of aliphatic hydroxyl groups is 1. The van der Waals surface area contributed by atoms with E-state index in [1.165, 1.54) is 27.4 Å². The first-order chi connectivity index (χ1) is 12.4. The van der Waals surface area contributed by atoms with Crippen LogP contribution in [0.25, 0.3) is 0 Å². The van der Waals surface area contributed by atoms with Gasteiger partial charge in [-0.05, 0) is 42.8 Å². The molecule has 26 heavy (non-hydrogen) atoms. The molecule has 0 unspecified atom stereocenters. The summed E-state index contributed by atoms with van der Waals surface area (Å²) in [7, 11) is 4.31. The SMILES string of the molecule is COc1cc(C=O)ccc1O[C@H](C)[C@@H](O)c1cc(O)c(OC)c(OC)c1. The summed E-state index contributed by atoms with van der Waals surface area (Å²) < 4.78 is 21.3. The van der Waals surface area contributed by atoms with Crippen molar-refractivity contribution in [2.75, 3.05) is 21.3 Å². The van der Waals surface area contributed by atoms with Crippen LogP contribution in [0.5, 0.6) is 28.7 Å². The summed E-state index contributed by atoms with van der Waals surface area (Å²) in [6.07, 6.45) is -1.03. The van der Waals surface area contributed by atoms with Crippen LogP contribution in [0.15, 0.2) is 30.3 Å². The van der Waals surface area contributed by atoms with Gasteiger partial charge in [-0.3, -0.25) is 4.79 Å². The molecule has 0 saturated carbocycles. The average molecular weight is 362 g/mol. The molecule has 0 radical (unpaired) electrons. The lowest BCUT2D eigenvalue weighted by atomic mass is 10.0. The van der Waals surface area contributed by atoms with Gasteiger partial charge in [0, 0.05) is 5.56 Å². The van der Waals surface area contributed by atoms with Crippen molar-refractivity contribution in [2.24, 2.45) is 0 Å². The van der Waals surface area contributed by atoms with Gasteiger partial charge in [0.25, 0.3) is 0 Å². The second kappa shape index (κ2) is 8.44. The van der Waals surface area contributed by atoms with Crippen molar-refractivity contribution >= 4 is 6.29 Å². The average Bonchev–Trinajstić information content (AvgIpc) is 2.66. The number of ether oxygens (including phenoxy) is 4. The van der Waals surface area contributed by atoms with Gasteiger partial charge >= 0.3 is 0 Å². The molecule has 7 nitrogen and oxygen atoms in total. The lowest BCUT2D eigenvalue weighted by Crippen LogP contribution is -2.22. The Balaban J connectivity index is 2.26. The van der Waals surface area contributed by atoms with Crippen LogP contribution in [0, 0.1) is 0 Å². The van der Waals surface area contributed by atoms with Crippen LogP contribution >= 0.6 is 0 Å². The molecule has 0 saturated heterocycles. The molecule has 0 aliphatic rings. The monoisotopic (exact) mass is 362 g/mol. The van der Waals surface area contributed by atoms with Crippen LogP contribution in [0.3, 0.4) is 0 Å². The maximum Gasteiger partial charge on any atom is 0.203 e. The zero-order valence-corrected chi connectivity index (χ0v) is 15.1. The zero-order chi connectivity index (χ0) is 19.3. The lowest BCUT2D eigenvalue weighted by molar-refractivity contribution is 0.0448. The van der Waals surface area contributed by atoms with Gasteiger partial charge in [-0.2, -0.15) is 0 Å². The number of aromatic hydroxyl groups is 1. The molecule has 2 atom stereocenters. The Hall–Kier alpha value is -2.93. The van der Waals surface area contributed by atoms with Crippen molar-refractivity contribution in [3.05, 3.63) is 41.5 Å². The number of aldehydes is 1. The molecule has 0 aromatic heterocycles. The predicted octanol–water partition coefficient (Wildman–Crippen LogP) is 2.73. The highest BCUT2D eigenvalue weighted by Gasteiger charge is 2.23. The maximum absolute atomic E-state index is 10.9. The second-order valence-electron chi connectivity index (χ2n) is 5.57. The molecule has 0 bridgehead atoms. The van der Waals surface area contributed by atoms with Crippen LogP contribution in [0.1, 0.15) is 28.9 Å². The van der Waals surface area contributed by atoms with Crippen LogP contribution in [-0.2, 0) is 0 Å². The van der Waals surface area contributed by atoms with Gasteiger partial charge < -0.3 is 29.2 Å². The van der Waals surface area contributed by atoms with Crippen molar-refractivity contribution in [3.8, 4) is 28.7 Å². The van der Waals surface area contributed by atoms with Gasteiger partial charge in [0.15, 0.2) is 23.0 Å². The first-order valence-corrected chi connectivity index (χ1v) is 7.88. The Morgan fingerprint density at radius 2 is 1.65 bits per heavy atom. The largest absolute Gasteiger partial charge is 0.504 e. The minimum Gasteiger partial charge on any atom is -0.504 e. The van der Waals surface area contributed by atoms with Crippen LogP contribution in [0.2, 0.25) is 0 Å². The van der Waals surface area contributed by atoms with Gasteiger partial charge in [-0.1, -0.05) is 0 Å². The Kier molecular flexibility index (Phi) is 6.30. The molecule has 0 amide bonds. The molecular formula is C19H22O7. The summed E-state index contributed by atoms with van der Waals surface area (Å²) in [6, 6.07) is 7.68. The Morgan fingerprint density at radius 3 is 2.23 bits per heavy atom. The summed E-state index contributed by atoms with van der Waals surface area (Å²) in [6.45, 7) is 1.67. The standard InChI is InChI=1S/C19H22O7/c1-11(26-15-6-5-12(10-20)7-16(15)23-2)18(22)13-8-14(21)19(25-4)17(9-13)24-3/h5-11,18,21-22H,1-4H3/t11-,18-/m1/s1. The number of methoxy groups -OCH3 is 3. The topological polar surface area (TPSA) is 94.5 Å². The number of hydrogen-bond acceptors (Lipinski definition) is 7. The molecule has 0 aliphatic heterocycles. The number of phenols is 1. The summed E-state index contributed by atoms with van der Waals surface area (Å²) >= 11 is 0. The molecule has 2 aromatic rings. The molecule has 0 heterocycles. The number of aliphatic hydroxyl groups excluding tert-OH is 1. The number of phenolic OH excluding ortho intramolecular Hbond substituents is 1. The van der Waals surface area contributed by atoms with Gasteiger partial charge in [-0.25, -0.2) is 0 Å². The van der Waals surface area contributed by atoms with Gasteiger partial charge in [-0.15, -0.1) is 0 Å². The van der Waals surface area contributed by atoms with Crippen LogP contribution < -0.4 is 18.9 Å². The lowest BCUT2D eigenvalue weighted by Gasteiger charge is -2.23. The van der Waals surface area contributed by atoms with Gasteiger partial charge in [0.05, 0.1) is 21.3 Å². The highest BCUT2D eigenvalue weighted by Crippen LogP contribution is 2.40. The Bertz CT molecular complexity index is 773. The van der Waals surface area contributed by atoms with E-state index in [2.05, 4.69) is 0 Å². The first kappa shape index (κ1) is 19.4. The second-order valence-corrected chi connectivity index (χ2v) is 5.57. The summed E-state index contributed by atoms with van der Waals surface area (Å²) in [5.74, 6) is 1.09. The summed E-state index contributed by atoms with van der Waals surface area (Å²) in [4.78, 5) is 10.9. The van der Waals surface area contributed by atoms with E-state index in [1.54, 1.807) is 31.2 Å². The van der Waals surface area contributed by atoms with E-state index in [4.69, 9.17) is 18.9 Å². The van der Waals surface area contributed by atoms with Crippen molar-refractivity contribution in [3.63, 3.8) is 0 Å². The van der Waals surface area contributed by atoms with E-state index in [-0.39, 0.29) is 11.5 Å². The fourth-order valence-electron chi connectivity index (χ4n) is 2.53. The first-order valence-electron chi connectivity index (χ1n) is 7.88. The number of hydrogen-bond donors (Lipinski definition) is 2. The minimum atomic E-state index is -1.06. The fraction of sp³-hybridized carbons (Fsp3) is 0.316. The van der Waals surface area contributed by atoms with Crippen molar-refractivity contribution in [2.45, 2.75) is 19.1 Å². The zero-order valence-electron chi connectivity index (χ0n) is 15.1.